The summed E-state index contributed by atoms with van der Waals surface area (Å²) in [6.45, 7) is 3.86. The first-order valence-electron chi connectivity index (χ1n) is 5.00. The van der Waals surface area contributed by atoms with Crippen LogP contribution in [0.2, 0.25) is 0 Å². The van der Waals surface area contributed by atoms with Crippen LogP contribution in [0.4, 0.5) is 4.39 Å². The van der Waals surface area contributed by atoms with Crippen LogP contribution < -0.4 is 0 Å². The van der Waals surface area contributed by atoms with E-state index in [9.17, 15) is 4.39 Å². The maximum absolute atomic E-state index is 13.5. The summed E-state index contributed by atoms with van der Waals surface area (Å²) in [5, 5.41) is 13.3. The summed E-state index contributed by atoms with van der Waals surface area (Å²) in [7, 11) is 0. The molecule has 4 heteroatoms. The summed E-state index contributed by atoms with van der Waals surface area (Å²) in [6, 6.07) is 0.231. The molecule has 3 nitrogen and oxygen atoms in total. The van der Waals surface area contributed by atoms with Crippen molar-refractivity contribution >= 4 is 0 Å². The third kappa shape index (κ3) is 1.25. The Morgan fingerprint density at radius 3 is 2.93 bits per heavy atom. The predicted molar refractivity (Wildman–Crippen MR) is 50.7 cm³/mol. The van der Waals surface area contributed by atoms with Gasteiger partial charge < -0.3 is 5.11 Å². The van der Waals surface area contributed by atoms with Crippen LogP contribution in [0, 0.1) is 0 Å². The Morgan fingerprint density at radius 1 is 1.64 bits per heavy atom. The van der Waals surface area contributed by atoms with Gasteiger partial charge in [0.1, 0.15) is 6.17 Å². The molecule has 1 unspecified atom stereocenters. The predicted octanol–water partition coefficient (Wildman–Crippen LogP) is 1.91. The van der Waals surface area contributed by atoms with Gasteiger partial charge in [-0.2, -0.15) is 5.10 Å². The number of aliphatic hydroxyl groups is 1. The SMILES string of the molecule is CC(C)n1nc(CO)c2c1CCC2F. The zero-order chi connectivity index (χ0) is 10.3. The van der Waals surface area contributed by atoms with Crippen LogP contribution in [-0.2, 0) is 13.0 Å². The lowest BCUT2D eigenvalue weighted by atomic mass is 10.2. The lowest BCUT2D eigenvalue weighted by Gasteiger charge is -2.08. The van der Waals surface area contributed by atoms with Gasteiger partial charge >= 0.3 is 0 Å². The van der Waals surface area contributed by atoms with Crippen molar-refractivity contribution in [1.82, 2.24) is 9.78 Å². The molecule has 78 valence electrons. The van der Waals surface area contributed by atoms with Gasteiger partial charge in [-0.05, 0) is 26.7 Å². The smallest absolute Gasteiger partial charge is 0.129 e. The molecule has 14 heavy (non-hydrogen) atoms. The molecule has 0 radical (unpaired) electrons. The minimum atomic E-state index is -0.931. The fraction of sp³-hybridized carbons (Fsp3) is 0.700. The molecule has 0 saturated heterocycles. The molecule has 0 aromatic carbocycles. The van der Waals surface area contributed by atoms with Gasteiger partial charge in [0.25, 0.3) is 0 Å². The first-order chi connectivity index (χ1) is 6.65. The molecule has 0 aliphatic heterocycles. The quantitative estimate of drug-likeness (QED) is 0.788. The van der Waals surface area contributed by atoms with Gasteiger partial charge in [-0.1, -0.05) is 0 Å². The molecule has 1 atom stereocenters. The number of fused-ring (bicyclic) bond motifs is 1. The number of alkyl halides is 1. The van der Waals surface area contributed by atoms with E-state index in [1.54, 1.807) is 0 Å². The average Bonchev–Trinajstić information content (AvgIpc) is 2.66. The topological polar surface area (TPSA) is 38.0 Å². The number of halogens is 1. The largest absolute Gasteiger partial charge is 0.390 e. The van der Waals surface area contributed by atoms with Crippen LogP contribution in [-0.4, -0.2) is 14.9 Å². The highest BCUT2D eigenvalue weighted by Crippen LogP contribution is 2.37. The van der Waals surface area contributed by atoms with E-state index in [1.165, 1.54) is 0 Å². The fourth-order valence-electron chi connectivity index (χ4n) is 2.10. The molecule has 1 heterocycles. The van der Waals surface area contributed by atoms with Crippen LogP contribution in [0.15, 0.2) is 0 Å². The molecule has 0 saturated carbocycles. The highest BCUT2D eigenvalue weighted by Gasteiger charge is 2.30. The Balaban J connectivity index is 2.51. The summed E-state index contributed by atoms with van der Waals surface area (Å²) in [4.78, 5) is 0. The Bertz CT molecular complexity index is 346. The van der Waals surface area contributed by atoms with Crippen LogP contribution in [0.5, 0.6) is 0 Å². The lowest BCUT2D eigenvalue weighted by Crippen LogP contribution is -2.07. The van der Waals surface area contributed by atoms with Crippen molar-refractivity contribution in [3.8, 4) is 0 Å². The molecule has 1 aromatic rings. The number of hydrogen-bond donors (Lipinski definition) is 1. The van der Waals surface area contributed by atoms with Gasteiger partial charge in [-0.15, -0.1) is 0 Å². The van der Waals surface area contributed by atoms with E-state index >= 15 is 0 Å². The van der Waals surface area contributed by atoms with Crippen molar-refractivity contribution < 1.29 is 9.50 Å². The van der Waals surface area contributed by atoms with E-state index < -0.39 is 6.17 Å². The van der Waals surface area contributed by atoms with Gasteiger partial charge in [0.15, 0.2) is 0 Å². The van der Waals surface area contributed by atoms with Gasteiger partial charge in [0.05, 0.1) is 12.3 Å². The maximum Gasteiger partial charge on any atom is 0.129 e. The minimum absolute atomic E-state index is 0.164. The third-order valence-electron chi connectivity index (χ3n) is 2.71. The molecule has 1 aliphatic carbocycles. The standard InChI is InChI=1S/C10H15FN2O/c1-6(2)13-9-4-3-7(11)10(9)8(5-14)12-13/h6-7,14H,3-5H2,1-2H3. The number of aliphatic hydroxyl groups excluding tert-OH is 1. The van der Waals surface area contributed by atoms with E-state index in [1.807, 2.05) is 18.5 Å². The third-order valence-corrected chi connectivity index (χ3v) is 2.71. The zero-order valence-corrected chi connectivity index (χ0v) is 8.50. The highest BCUT2D eigenvalue weighted by atomic mass is 19.1. The van der Waals surface area contributed by atoms with E-state index in [2.05, 4.69) is 5.10 Å². The molecule has 0 fully saturated rings. The summed E-state index contributed by atoms with van der Waals surface area (Å²) in [5.41, 5.74) is 2.12. The molecular weight excluding hydrogens is 183 g/mol. The van der Waals surface area contributed by atoms with Crippen LogP contribution in [0.3, 0.4) is 0 Å². The second-order valence-corrected chi connectivity index (χ2v) is 4.01. The average molecular weight is 198 g/mol. The second-order valence-electron chi connectivity index (χ2n) is 4.01. The van der Waals surface area contributed by atoms with Gasteiger partial charge in [-0.25, -0.2) is 4.39 Å². The summed E-state index contributed by atoms with van der Waals surface area (Å²) in [6.07, 6.45) is 0.342. The number of aromatic nitrogens is 2. The molecule has 1 N–H and O–H groups in total. The van der Waals surface area contributed by atoms with E-state index in [-0.39, 0.29) is 12.6 Å². The first kappa shape index (κ1) is 9.65. The normalized spacial score (nSPS) is 20.5. The Morgan fingerprint density at radius 2 is 2.36 bits per heavy atom. The van der Waals surface area contributed by atoms with Crippen molar-refractivity contribution in [3.63, 3.8) is 0 Å². The Hall–Kier alpha value is -0.900. The van der Waals surface area contributed by atoms with Gasteiger partial charge in [0.2, 0.25) is 0 Å². The van der Waals surface area contributed by atoms with E-state index in [0.717, 1.165) is 12.1 Å². The van der Waals surface area contributed by atoms with Crippen LogP contribution in [0.1, 0.15) is 49.4 Å². The summed E-state index contributed by atoms with van der Waals surface area (Å²) in [5.74, 6) is 0. The molecular formula is C10H15FN2O. The molecule has 0 amide bonds. The minimum Gasteiger partial charge on any atom is -0.390 e. The number of hydrogen-bond acceptors (Lipinski definition) is 2. The maximum atomic E-state index is 13.5. The Labute approximate surface area is 82.5 Å². The van der Waals surface area contributed by atoms with E-state index in [0.29, 0.717) is 17.7 Å². The van der Waals surface area contributed by atoms with Crippen molar-refractivity contribution in [1.29, 1.82) is 0 Å². The Kier molecular flexibility index (Phi) is 2.31. The van der Waals surface area contributed by atoms with Crippen LogP contribution >= 0.6 is 0 Å². The fourth-order valence-corrected chi connectivity index (χ4v) is 2.10. The highest BCUT2D eigenvalue weighted by molar-refractivity contribution is 5.33. The second kappa shape index (κ2) is 3.35. The number of nitrogens with zero attached hydrogens (tertiary/aromatic N) is 2. The molecule has 1 aromatic heterocycles. The van der Waals surface area contributed by atoms with Crippen molar-refractivity contribution in [2.75, 3.05) is 0 Å². The summed E-state index contributed by atoms with van der Waals surface area (Å²) < 4.78 is 15.3. The van der Waals surface area contributed by atoms with Crippen LogP contribution in [0.25, 0.3) is 0 Å². The van der Waals surface area contributed by atoms with Crippen molar-refractivity contribution in [3.05, 3.63) is 17.0 Å². The lowest BCUT2D eigenvalue weighted by molar-refractivity contribution is 0.266. The molecule has 2 rings (SSSR count). The molecule has 0 spiro atoms. The molecule has 0 bridgehead atoms. The monoisotopic (exact) mass is 198 g/mol. The van der Waals surface area contributed by atoms with Gasteiger partial charge in [-0.3, -0.25) is 4.68 Å². The first-order valence-corrected chi connectivity index (χ1v) is 5.00. The summed E-state index contributed by atoms with van der Waals surface area (Å²) >= 11 is 0. The van der Waals surface area contributed by atoms with Crippen molar-refractivity contribution in [2.24, 2.45) is 0 Å². The van der Waals surface area contributed by atoms with Gasteiger partial charge in [0, 0.05) is 17.3 Å². The number of rotatable bonds is 2. The zero-order valence-electron chi connectivity index (χ0n) is 8.50. The van der Waals surface area contributed by atoms with Crippen molar-refractivity contribution in [2.45, 2.75) is 45.5 Å². The van der Waals surface area contributed by atoms with E-state index in [4.69, 9.17) is 5.11 Å². The molecule has 1 aliphatic rings.